The highest BCUT2D eigenvalue weighted by molar-refractivity contribution is 6.05. The molecule has 1 aliphatic rings. The molecular formula is C17H20N4O2. The maximum atomic E-state index is 12.2. The minimum atomic E-state index is -0.373. The second-order valence-electron chi connectivity index (χ2n) is 5.74. The molecule has 0 aliphatic carbocycles. The Labute approximate surface area is 135 Å². The van der Waals surface area contributed by atoms with Gasteiger partial charge < -0.3 is 0 Å². The molecule has 2 amide bonds. The largest absolute Gasteiger partial charge is 0.290 e. The number of nitrogens with zero attached hydrogens (tertiary/aromatic N) is 4. The zero-order chi connectivity index (χ0) is 16.4. The molecule has 0 radical (unpaired) electrons. The van der Waals surface area contributed by atoms with Crippen molar-refractivity contribution in [1.29, 1.82) is 0 Å². The van der Waals surface area contributed by atoms with Gasteiger partial charge in [-0.05, 0) is 26.1 Å². The fourth-order valence-electron chi connectivity index (χ4n) is 2.90. The van der Waals surface area contributed by atoms with Crippen LogP contribution in [0.5, 0.6) is 0 Å². The minimum Gasteiger partial charge on any atom is -0.290 e. The molecule has 0 bridgehead atoms. The molecule has 1 aromatic carbocycles. The summed E-state index contributed by atoms with van der Waals surface area (Å²) < 4.78 is 1.81. The quantitative estimate of drug-likeness (QED) is 0.784. The van der Waals surface area contributed by atoms with E-state index in [1.807, 2.05) is 60.1 Å². The van der Waals surface area contributed by atoms with Crippen LogP contribution in [0.25, 0.3) is 5.69 Å². The van der Waals surface area contributed by atoms with E-state index in [-0.39, 0.29) is 24.3 Å². The molecule has 120 valence electrons. The van der Waals surface area contributed by atoms with Crippen LogP contribution in [0, 0.1) is 0 Å². The molecule has 6 heteroatoms. The van der Waals surface area contributed by atoms with Crippen LogP contribution in [0.1, 0.15) is 18.9 Å². The van der Waals surface area contributed by atoms with Gasteiger partial charge in [-0.1, -0.05) is 18.2 Å². The number of amides is 2. The van der Waals surface area contributed by atoms with Crippen molar-refractivity contribution in [3.63, 3.8) is 0 Å². The first-order chi connectivity index (χ1) is 11.1. The summed E-state index contributed by atoms with van der Waals surface area (Å²) in [4.78, 5) is 27.3. The number of hydrogen-bond donors (Lipinski definition) is 0. The van der Waals surface area contributed by atoms with E-state index in [1.54, 1.807) is 6.20 Å². The number of benzene rings is 1. The molecular weight excluding hydrogens is 292 g/mol. The first-order valence-electron chi connectivity index (χ1n) is 7.73. The standard InChI is InChI=1S/C17H20N4O2/c1-3-20-16(22)9-15(17(20)23)19(2)11-13-10-18-21(12-13)14-7-5-4-6-8-14/h4-8,10,12,15H,3,9,11H2,1-2H3/t15-/m1/s1. The lowest BCUT2D eigenvalue weighted by atomic mass is 10.2. The summed E-state index contributed by atoms with van der Waals surface area (Å²) in [6.07, 6.45) is 4.00. The van der Waals surface area contributed by atoms with E-state index < -0.39 is 0 Å². The lowest BCUT2D eigenvalue weighted by Gasteiger charge is -2.21. The van der Waals surface area contributed by atoms with Crippen LogP contribution >= 0.6 is 0 Å². The van der Waals surface area contributed by atoms with Crippen molar-refractivity contribution in [2.24, 2.45) is 0 Å². The van der Waals surface area contributed by atoms with Crippen LogP contribution in [0.15, 0.2) is 42.7 Å². The van der Waals surface area contributed by atoms with E-state index in [1.165, 1.54) is 4.90 Å². The highest BCUT2D eigenvalue weighted by atomic mass is 16.2. The van der Waals surface area contributed by atoms with Crippen molar-refractivity contribution in [3.05, 3.63) is 48.3 Å². The van der Waals surface area contributed by atoms with E-state index in [0.29, 0.717) is 13.1 Å². The molecule has 1 aliphatic heterocycles. The van der Waals surface area contributed by atoms with E-state index in [9.17, 15) is 9.59 Å². The molecule has 3 rings (SSSR count). The van der Waals surface area contributed by atoms with Gasteiger partial charge in [0.2, 0.25) is 11.8 Å². The molecule has 0 unspecified atom stereocenters. The third-order valence-electron chi connectivity index (χ3n) is 4.16. The van der Waals surface area contributed by atoms with E-state index >= 15 is 0 Å². The number of imide groups is 1. The molecule has 1 fully saturated rings. The summed E-state index contributed by atoms with van der Waals surface area (Å²) in [5.74, 6) is -0.190. The Morgan fingerprint density at radius 2 is 2.00 bits per heavy atom. The van der Waals surface area contributed by atoms with Gasteiger partial charge in [0.05, 0.1) is 24.3 Å². The third-order valence-corrected chi connectivity index (χ3v) is 4.16. The number of likely N-dealkylation sites (tertiary alicyclic amines) is 1. The number of likely N-dealkylation sites (N-methyl/N-ethyl adjacent to an activating group) is 2. The van der Waals surface area contributed by atoms with Crippen molar-refractivity contribution in [2.75, 3.05) is 13.6 Å². The number of para-hydroxylation sites is 1. The summed E-state index contributed by atoms with van der Waals surface area (Å²) in [5, 5.41) is 4.36. The molecule has 6 nitrogen and oxygen atoms in total. The Kier molecular flexibility index (Phi) is 4.25. The molecule has 1 saturated heterocycles. The van der Waals surface area contributed by atoms with Crippen LogP contribution in [0.4, 0.5) is 0 Å². The molecule has 0 saturated carbocycles. The highest BCUT2D eigenvalue weighted by Crippen LogP contribution is 2.19. The second-order valence-corrected chi connectivity index (χ2v) is 5.74. The highest BCUT2D eigenvalue weighted by Gasteiger charge is 2.39. The Hall–Kier alpha value is -2.47. The van der Waals surface area contributed by atoms with Gasteiger partial charge in [0, 0.05) is 24.8 Å². The summed E-state index contributed by atoms with van der Waals surface area (Å²) in [7, 11) is 1.87. The average molecular weight is 312 g/mol. The normalized spacial score (nSPS) is 18.2. The van der Waals surface area contributed by atoms with Gasteiger partial charge in [-0.3, -0.25) is 19.4 Å². The molecule has 1 aromatic heterocycles. The first-order valence-corrected chi connectivity index (χ1v) is 7.73. The molecule has 0 N–H and O–H groups in total. The molecule has 0 spiro atoms. The van der Waals surface area contributed by atoms with Crippen LogP contribution in [-0.4, -0.2) is 51.0 Å². The molecule has 2 aromatic rings. The van der Waals surface area contributed by atoms with Crippen LogP contribution in [0.2, 0.25) is 0 Å². The number of aromatic nitrogens is 2. The summed E-state index contributed by atoms with van der Waals surface area (Å²) >= 11 is 0. The monoisotopic (exact) mass is 312 g/mol. The Morgan fingerprint density at radius 1 is 1.26 bits per heavy atom. The summed E-state index contributed by atoms with van der Waals surface area (Å²) in [6, 6.07) is 9.49. The fourth-order valence-corrected chi connectivity index (χ4v) is 2.90. The van der Waals surface area contributed by atoms with Crippen LogP contribution < -0.4 is 0 Å². The van der Waals surface area contributed by atoms with E-state index in [2.05, 4.69) is 5.10 Å². The van der Waals surface area contributed by atoms with Crippen molar-refractivity contribution < 1.29 is 9.59 Å². The number of rotatable bonds is 5. The van der Waals surface area contributed by atoms with E-state index in [4.69, 9.17) is 0 Å². The fraction of sp³-hybridized carbons (Fsp3) is 0.353. The Bertz CT molecular complexity index is 710. The van der Waals surface area contributed by atoms with Gasteiger partial charge in [-0.2, -0.15) is 5.10 Å². The summed E-state index contributed by atoms with van der Waals surface area (Å²) in [5.41, 5.74) is 2.00. The smallest absolute Gasteiger partial charge is 0.247 e. The van der Waals surface area contributed by atoms with Crippen molar-refractivity contribution in [1.82, 2.24) is 19.6 Å². The molecule has 23 heavy (non-hydrogen) atoms. The van der Waals surface area contributed by atoms with Gasteiger partial charge in [-0.25, -0.2) is 4.68 Å². The molecule has 2 heterocycles. The number of carbonyl (C=O) groups is 2. The van der Waals surface area contributed by atoms with Gasteiger partial charge in [0.1, 0.15) is 0 Å². The summed E-state index contributed by atoms with van der Waals surface area (Å²) in [6.45, 7) is 2.84. The van der Waals surface area contributed by atoms with Crippen LogP contribution in [-0.2, 0) is 16.1 Å². The Balaban J connectivity index is 1.69. The Morgan fingerprint density at radius 3 is 2.65 bits per heavy atom. The predicted octanol–water partition coefficient (Wildman–Crippen LogP) is 1.45. The SMILES string of the molecule is CCN1C(=O)C[C@@H](N(C)Cc2cnn(-c3ccccc3)c2)C1=O. The minimum absolute atomic E-state index is 0.0886. The van der Waals surface area contributed by atoms with Crippen LogP contribution in [0.3, 0.4) is 0 Å². The van der Waals surface area contributed by atoms with Gasteiger partial charge in [0.15, 0.2) is 0 Å². The maximum absolute atomic E-state index is 12.2. The van der Waals surface area contributed by atoms with Crippen molar-refractivity contribution in [2.45, 2.75) is 25.9 Å². The van der Waals surface area contributed by atoms with Gasteiger partial charge in [-0.15, -0.1) is 0 Å². The van der Waals surface area contributed by atoms with Crippen molar-refractivity contribution in [3.8, 4) is 5.69 Å². The predicted molar refractivity (Wildman–Crippen MR) is 85.8 cm³/mol. The van der Waals surface area contributed by atoms with Gasteiger partial charge in [0.25, 0.3) is 0 Å². The lowest BCUT2D eigenvalue weighted by Crippen LogP contribution is -2.39. The lowest BCUT2D eigenvalue weighted by molar-refractivity contribution is -0.139. The number of carbonyl (C=O) groups excluding carboxylic acids is 2. The van der Waals surface area contributed by atoms with Gasteiger partial charge >= 0.3 is 0 Å². The third kappa shape index (κ3) is 3.03. The van der Waals surface area contributed by atoms with Crippen molar-refractivity contribution >= 4 is 11.8 Å². The average Bonchev–Trinajstić information content (AvgIpc) is 3.13. The topological polar surface area (TPSA) is 58.4 Å². The van der Waals surface area contributed by atoms with E-state index in [0.717, 1.165) is 11.3 Å². The maximum Gasteiger partial charge on any atom is 0.247 e. The zero-order valence-corrected chi connectivity index (χ0v) is 13.3. The molecule has 1 atom stereocenters. The second kappa shape index (κ2) is 6.34. The number of hydrogen-bond acceptors (Lipinski definition) is 4. The first kappa shape index (κ1) is 15.4. The zero-order valence-electron chi connectivity index (χ0n) is 13.3.